The Morgan fingerprint density at radius 1 is 1.52 bits per heavy atom. The highest BCUT2D eigenvalue weighted by Crippen LogP contribution is 2.20. The van der Waals surface area contributed by atoms with Crippen molar-refractivity contribution >= 4 is 5.91 Å². The smallest absolute Gasteiger partial charge is 0.252 e. The number of nitrogens with zero attached hydrogens (tertiary/aromatic N) is 4. The van der Waals surface area contributed by atoms with E-state index in [1.54, 1.807) is 0 Å². The molecule has 0 N–H and O–H groups in total. The summed E-state index contributed by atoms with van der Waals surface area (Å²) in [7, 11) is 3.92. The number of hydrogen-bond acceptors (Lipinski definition) is 4. The fraction of sp³-hybridized carbons (Fsp3) is 0.733. The molecule has 0 spiro atoms. The maximum atomic E-state index is 12.5. The van der Waals surface area contributed by atoms with Gasteiger partial charge in [0.15, 0.2) is 0 Å². The average Bonchev–Trinajstić information content (AvgIpc) is 2.94. The van der Waals surface area contributed by atoms with Crippen LogP contribution in [-0.2, 0) is 22.5 Å². The van der Waals surface area contributed by atoms with E-state index < -0.39 is 0 Å². The quantitative estimate of drug-likeness (QED) is 0.800. The molecule has 0 aliphatic carbocycles. The number of amides is 1. The van der Waals surface area contributed by atoms with E-state index >= 15 is 0 Å². The fourth-order valence-corrected chi connectivity index (χ4v) is 3.22. The number of aromatic nitrogens is 2. The van der Waals surface area contributed by atoms with Crippen LogP contribution in [-0.4, -0.2) is 71.7 Å². The SMILES string of the molecule is CN1CCO[C@H](C(=O)N(C)C[C@H]2CCn3ccnc3C2)C1. The Labute approximate surface area is 125 Å². The van der Waals surface area contributed by atoms with Gasteiger partial charge in [-0.2, -0.15) is 0 Å². The number of morpholine rings is 1. The summed E-state index contributed by atoms with van der Waals surface area (Å²) < 4.78 is 7.82. The molecule has 0 radical (unpaired) electrons. The van der Waals surface area contributed by atoms with Crippen molar-refractivity contribution in [2.75, 3.05) is 40.3 Å². The van der Waals surface area contributed by atoms with Gasteiger partial charge in [0.1, 0.15) is 11.9 Å². The Morgan fingerprint density at radius 2 is 2.38 bits per heavy atom. The number of carbonyl (C=O) groups excluding carboxylic acids is 1. The molecule has 116 valence electrons. The summed E-state index contributed by atoms with van der Waals surface area (Å²) in [5.74, 6) is 1.74. The molecular weight excluding hydrogens is 268 g/mol. The molecule has 2 aliphatic heterocycles. The summed E-state index contributed by atoms with van der Waals surface area (Å²) in [5.41, 5.74) is 0. The molecule has 1 amide bonds. The zero-order valence-electron chi connectivity index (χ0n) is 12.9. The van der Waals surface area contributed by atoms with Crippen molar-refractivity contribution in [2.45, 2.75) is 25.5 Å². The van der Waals surface area contributed by atoms with Crippen molar-refractivity contribution in [1.82, 2.24) is 19.4 Å². The first-order valence-corrected chi connectivity index (χ1v) is 7.68. The Balaban J connectivity index is 1.54. The van der Waals surface area contributed by atoms with Gasteiger partial charge in [-0.05, 0) is 19.4 Å². The molecule has 0 bridgehead atoms. The van der Waals surface area contributed by atoms with Crippen molar-refractivity contribution in [1.29, 1.82) is 0 Å². The van der Waals surface area contributed by atoms with Crippen LogP contribution in [0.1, 0.15) is 12.2 Å². The number of aryl methyl sites for hydroxylation is 1. The minimum absolute atomic E-state index is 0.107. The first kappa shape index (κ1) is 14.5. The molecule has 1 fully saturated rings. The topological polar surface area (TPSA) is 50.6 Å². The number of likely N-dealkylation sites (N-methyl/N-ethyl adjacent to an activating group) is 2. The second-order valence-corrected chi connectivity index (χ2v) is 6.24. The summed E-state index contributed by atoms with van der Waals surface area (Å²) >= 11 is 0. The Hall–Kier alpha value is -1.40. The van der Waals surface area contributed by atoms with Crippen LogP contribution in [0.4, 0.5) is 0 Å². The summed E-state index contributed by atoms with van der Waals surface area (Å²) in [6, 6.07) is 0. The fourth-order valence-electron chi connectivity index (χ4n) is 3.22. The molecule has 2 aliphatic rings. The lowest BCUT2D eigenvalue weighted by Gasteiger charge is -2.33. The first-order chi connectivity index (χ1) is 10.1. The van der Waals surface area contributed by atoms with E-state index in [4.69, 9.17) is 4.74 Å². The Kier molecular flexibility index (Phi) is 4.26. The van der Waals surface area contributed by atoms with E-state index in [-0.39, 0.29) is 12.0 Å². The van der Waals surface area contributed by atoms with E-state index in [2.05, 4.69) is 14.5 Å². The van der Waals surface area contributed by atoms with E-state index in [1.807, 2.05) is 31.4 Å². The third kappa shape index (κ3) is 3.27. The van der Waals surface area contributed by atoms with Crippen molar-refractivity contribution in [3.63, 3.8) is 0 Å². The van der Waals surface area contributed by atoms with Crippen LogP contribution < -0.4 is 0 Å². The van der Waals surface area contributed by atoms with E-state index in [1.165, 1.54) is 0 Å². The number of ether oxygens (including phenoxy) is 1. The van der Waals surface area contributed by atoms with Gasteiger partial charge in [-0.3, -0.25) is 4.79 Å². The highest BCUT2D eigenvalue weighted by Gasteiger charge is 2.29. The maximum Gasteiger partial charge on any atom is 0.252 e. The number of rotatable bonds is 3. The summed E-state index contributed by atoms with van der Waals surface area (Å²) in [6.07, 6.45) is 5.65. The number of fused-ring (bicyclic) bond motifs is 1. The minimum atomic E-state index is -0.306. The molecule has 21 heavy (non-hydrogen) atoms. The molecule has 3 rings (SSSR count). The second kappa shape index (κ2) is 6.15. The van der Waals surface area contributed by atoms with Gasteiger partial charge in [0, 0.05) is 52.0 Å². The molecule has 0 saturated carbocycles. The van der Waals surface area contributed by atoms with Crippen LogP contribution in [0.25, 0.3) is 0 Å². The molecule has 1 saturated heterocycles. The number of imidazole rings is 1. The molecule has 6 heteroatoms. The summed E-state index contributed by atoms with van der Waals surface area (Å²) in [5, 5.41) is 0. The van der Waals surface area contributed by atoms with Crippen molar-refractivity contribution < 1.29 is 9.53 Å². The highest BCUT2D eigenvalue weighted by atomic mass is 16.5. The summed E-state index contributed by atoms with van der Waals surface area (Å²) in [4.78, 5) is 20.8. The third-order valence-electron chi connectivity index (χ3n) is 4.50. The normalized spacial score (nSPS) is 26.4. The Morgan fingerprint density at radius 3 is 3.19 bits per heavy atom. The van der Waals surface area contributed by atoms with Gasteiger partial charge in [-0.25, -0.2) is 4.98 Å². The lowest BCUT2D eigenvalue weighted by Crippen LogP contribution is -2.50. The molecule has 3 heterocycles. The average molecular weight is 292 g/mol. The third-order valence-corrected chi connectivity index (χ3v) is 4.50. The zero-order chi connectivity index (χ0) is 14.8. The molecular formula is C15H24N4O2. The second-order valence-electron chi connectivity index (χ2n) is 6.24. The van der Waals surface area contributed by atoms with Crippen LogP contribution >= 0.6 is 0 Å². The lowest BCUT2D eigenvalue weighted by molar-refractivity contribution is -0.148. The van der Waals surface area contributed by atoms with Crippen LogP contribution in [0.2, 0.25) is 0 Å². The van der Waals surface area contributed by atoms with E-state index in [0.717, 1.165) is 38.3 Å². The van der Waals surface area contributed by atoms with Gasteiger partial charge in [0.05, 0.1) is 6.61 Å². The predicted octanol–water partition coefficient (Wildman–Crippen LogP) is 0.235. The molecule has 6 nitrogen and oxygen atoms in total. The first-order valence-electron chi connectivity index (χ1n) is 7.68. The molecule has 0 aromatic carbocycles. The van der Waals surface area contributed by atoms with Crippen molar-refractivity contribution in [3.05, 3.63) is 18.2 Å². The van der Waals surface area contributed by atoms with Gasteiger partial charge in [0.2, 0.25) is 0 Å². The van der Waals surface area contributed by atoms with Crippen LogP contribution in [0, 0.1) is 5.92 Å². The number of carbonyl (C=O) groups is 1. The van der Waals surface area contributed by atoms with E-state index in [9.17, 15) is 4.79 Å². The summed E-state index contributed by atoms with van der Waals surface area (Å²) in [6.45, 7) is 4.03. The largest absolute Gasteiger partial charge is 0.366 e. The standard InChI is InChI=1S/C15H24N4O2/c1-17-7-8-21-13(11-17)15(20)18(2)10-12-3-5-19-6-4-16-14(19)9-12/h4,6,12-13H,3,5,7-11H2,1-2H3/t12-,13-/m0/s1. The van der Waals surface area contributed by atoms with E-state index in [0.29, 0.717) is 19.1 Å². The van der Waals surface area contributed by atoms with Crippen molar-refractivity contribution in [2.24, 2.45) is 5.92 Å². The van der Waals surface area contributed by atoms with Crippen LogP contribution in [0.5, 0.6) is 0 Å². The van der Waals surface area contributed by atoms with Crippen LogP contribution in [0.15, 0.2) is 12.4 Å². The predicted molar refractivity (Wildman–Crippen MR) is 78.9 cm³/mol. The van der Waals surface area contributed by atoms with Crippen LogP contribution in [0.3, 0.4) is 0 Å². The van der Waals surface area contributed by atoms with Gasteiger partial charge < -0.3 is 19.1 Å². The molecule has 1 aromatic rings. The Bertz CT molecular complexity index is 502. The van der Waals surface area contributed by atoms with Crippen molar-refractivity contribution in [3.8, 4) is 0 Å². The van der Waals surface area contributed by atoms with Gasteiger partial charge >= 0.3 is 0 Å². The lowest BCUT2D eigenvalue weighted by atomic mass is 9.97. The van der Waals surface area contributed by atoms with Gasteiger partial charge in [-0.1, -0.05) is 0 Å². The number of hydrogen-bond donors (Lipinski definition) is 0. The molecule has 0 unspecified atom stereocenters. The zero-order valence-corrected chi connectivity index (χ0v) is 12.9. The molecule has 1 aromatic heterocycles. The highest BCUT2D eigenvalue weighted by molar-refractivity contribution is 5.81. The minimum Gasteiger partial charge on any atom is -0.366 e. The van der Waals surface area contributed by atoms with Gasteiger partial charge in [0.25, 0.3) is 5.91 Å². The van der Waals surface area contributed by atoms with Gasteiger partial charge in [-0.15, -0.1) is 0 Å². The molecule has 2 atom stereocenters. The maximum absolute atomic E-state index is 12.5. The monoisotopic (exact) mass is 292 g/mol.